The number of hydrogen-bond donors (Lipinski definition) is 1. The zero-order chi connectivity index (χ0) is 16.6. The molecule has 1 aliphatic heterocycles. The molecular weight excluding hydrogens is 378 g/mol. The molecule has 2 aromatic rings. The molecule has 2 aromatic carbocycles. The Morgan fingerprint density at radius 1 is 1.13 bits per heavy atom. The minimum Gasteiger partial charge on any atom is -0.507 e. The Bertz CT molecular complexity index is 830. The summed E-state index contributed by atoms with van der Waals surface area (Å²) < 4.78 is 0.736. The molecule has 6 heteroatoms. The van der Waals surface area contributed by atoms with Gasteiger partial charge in [0, 0.05) is 10.0 Å². The van der Waals surface area contributed by atoms with Crippen LogP contribution in [0.25, 0.3) is 6.08 Å². The molecule has 1 N–H and O–H groups in total. The van der Waals surface area contributed by atoms with E-state index in [1.807, 2.05) is 19.1 Å². The molecule has 0 aromatic heterocycles. The van der Waals surface area contributed by atoms with Crippen LogP contribution < -0.4 is 4.90 Å². The maximum absolute atomic E-state index is 12.5. The van der Waals surface area contributed by atoms with E-state index >= 15 is 0 Å². The molecule has 0 bridgehead atoms. The molecule has 1 aliphatic rings. The second kappa shape index (κ2) is 6.22. The molecule has 3 rings (SSSR count). The maximum Gasteiger partial charge on any atom is 0.298 e. The van der Waals surface area contributed by atoms with Crippen LogP contribution in [-0.2, 0) is 4.79 Å². The summed E-state index contributed by atoms with van der Waals surface area (Å²) in [6, 6.07) is 12.2. The molecule has 0 aliphatic carbocycles. The number of aromatic hydroxyl groups is 1. The van der Waals surface area contributed by atoms with Crippen molar-refractivity contribution in [1.29, 1.82) is 0 Å². The zero-order valence-electron chi connectivity index (χ0n) is 12.1. The van der Waals surface area contributed by atoms with Gasteiger partial charge in [-0.3, -0.25) is 9.59 Å². The Labute approximate surface area is 145 Å². The number of halogens is 1. The first-order valence-corrected chi connectivity index (χ1v) is 8.40. The number of benzene rings is 2. The van der Waals surface area contributed by atoms with Crippen molar-refractivity contribution in [2.75, 3.05) is 4.90 Å². The number of aryl methyl sites for hydroxylation is 1. The molecule has 1 fully saturated rings. The first-order chi connectivity index (χ1) is 11.0. The lowest BCUT2D eigenvalue weighted by Gasteiger charge is -2.12. The lowest BCUT2D eigenvalue weighted by molar-refractivity contribution is -0.113. The third-order valence-electron chi connectivity index (χ3n) is 3.36. The highest BCUT2D eigenvalue weighted by molar-refractivity contribution is 9.10. The van der Waals surface area contributed by atoms with E-state index in [0.29, 0.717) is 11.3 Å². The number of anilines is 1. The molecule has 23 heavy (non-hydrogen) atoms. The van der Waals surface area contributed by atoms with Crippen LogP contribution in [0.15, 0.2) is 51.8 Å². The summed E-state index contributed by atoms with van der Waals surface area (Å²) in [5, 5.41) is 9.58. The van der Waals surface area contributed by atoms with Gasteiger partial charge in [0.1, 0.15) is 5.75 Å². The fraction of sp³-hybridized carbons (Fsp3) is 0.0588. The van der Waals surface area contributed by atoms with Gasteiger partial charge >= 0.3 is 0 Å². The van der Waals surface area contributed by atoms with Gasteiger partial charge in [-0.25, -0.2) is 4.90 Å². The average Bonchev–Trinajstić information content (AvgIpc) is 2.78. The predicted molar refractivity (Wildman–Crippen MR) is 95.4 cm³/mol. The van der Waals surface area contributed by atoms with E-state index < -0.39 is 0 Å². The second-order valence-electron chi connectivity index (χ2n) is 5.06. The van der Waals surface area contributed by atoms with Crippen LogP contribution in [-0.4, -0.2) is 16.3 Å². The van der Waals surface area contributed by atoms with E-state index in [9.17, 15) is 14.7 Å². The molecule has 1 saturated heterocycles. The largest absolute Gasteiger partial charge is 0.507 e. The van der Waals surface area contributed by atoms with Gasteiger partial charge in [-0.15, -0.1) is 0 Å². The Hall–Kier alpha value is -2.05. The summed E-state index contributed by atoms with van der Waals surface area (Å²) in [5.74, 6) is -0.340. The van der Waals surface area contributed by atoms with Crippen molar-refractivity contribution in [1.82, 2.24) is 0 Å². The standard InChI is InChI=1S/C17H12BrNO3S/c1-10-2-6-13(7-3-10)19-16(21)15(23-17(19)22)8-11-4-5-12(18)9-14(11)20/h2-9,20H,1H3. The van der Waals surface area contributed by atoms with Gasteiger partial charge in [-0.1, -0.05) is 39.7 Å². The third kappa shape index (κ3) is 3.18. The number of phenols is 1. The van der Waals surface area contributed by atoms with Crippen LogP contribution in [0.5, 0.6) is 5.75 Å². The Kier molecular flexibility index (Phi) is 4.28. The van der Waals surface area contributed by atoms with Gasteiger partial charge in [-0.2, -0.15) is 0 Å². The minimum atomic E-state index is -0.383. The van der Waals surface area contributed by atoms with Gasteiger partial charge in [0.05, 0.1) is 10.6 Å². The molecule has 0 saturated carbocycles. The Morgan fingerprint density at radius 3 is 2.48 bits per heavy atom. The molecule has 2 amide bonds. The van der Waals surface area contributed by atoms with Gasteiger partial charge in [0.2, 0.25) is 0 Å². The van der Waals surface area contributed by atoms with Crippen molar-refractivity contribution in [3.8, 4) is 5.75 Å². The normalized spacial score (nSPS) is 16.4. The number of carbonyl (C=O) groups excluding carboxylic acids is 2. The molecule has 0 unspecified atom stereocenters. The molecule has 0 atom stereocenters. The summed E-state index contributed by atoms with van der Waals surface area (Å²) in [6.45, 7) is 1.94. The van der Waals surface area contributed by atoms with Gasteiger partial charge in [-0.05, 0) is 49.0 Å². The number of rotatable bonds is 2. The number of thioether (sulfide) groups is 1. The topological polar surface area (TPSA) is 57.6 Å². The van der Waals surface area contributed by atoms with E-state index in [2.05, 4.69) is 15.9 Å². The zero-order valence-corrected chi connectivity index (χ0v) is 14.5. The highest BCUT2D eigenvalue weighted by Gasteiger charge is 2.36. The summed E-state index contributed by atoms with van der Waals surface area (Å²) >= 11 is 4.13. The van der Waals surface area contributed by atoms with Crippen molar-refractivity contribution in [3.63, 3.8) is 0 Å². The summed E-state index contributed by atoms with van der Waals surface area (Å²) in [5.41, 5.74) is 2.08. The number of imide groups is 1. The lowest BCUT2D eigenvalue weighted by Crippen LogP contribution is -2.27. The van der Waals surface area contributed by atoms with E-state index in [1.165, 1.54) is 12.1 Å². The lowest BCUT2D eigenvalue weighted by atomic mass is 10.2. The fourth-order valence-corrected chi connectivity index (χ4v) is 3.35. The fourth-order valence-electron chi connectivity index (χ4n) is 2.16. The van der Waals surface area contributed by atoms with Crippen molar-refractivity contribution in [2.45, 2.75) is 6.92 Å². The third-order valence-corrected chi connectivity index (χ3v) is 4.73. The van der Waals surface area contributed by atoms with E-state index in [0.717, 1.165) is 26.7 Å². The van der Waals surface area contributed by atoms with E-state index in [-0.39, 0.29) is 21.8 Å². The molecular formula is C17H12BrNO3S. The Balaban J connectivity index is 1.94. The maximum atomic E-state index is 12.5. The van der Waals surface area contributed by atoms with Crippen molar-refractivity contribution in [2.24, 2.45) is 0 Å². The summed E-state index contributed by atoms with van der Waals surface area (Å²) in [6.07, 6.45) is 1.53. The van der Waals surface area contributed by atoms with Crippen molar-refractivity contribution in [3.05, 3.63) is 63.0 Å². The number of nitrogens with zero attached hydrogens (tertiary/aromatic N) is 1. The first-order valence-electron chi connectivity index (χ1n) is 6.79. The highest BCUT2D eigenvalue weighted by atomic mass is 79.9. The van der Waals surface area contributed by atoms with Gasteiger partial charge in [0.15, 0.2) is 0 Å². The van der Waals surface area contributed by atoms with Gasteiger partial charge < -0.3 is 5.11 Å². The van der Waals surface area contributed by atoms with E-state index in [4.69, 9.17) is 0 Å². The van der Waals surface area contributed by atoms with Crippen LogP contribution in [0.1, 0.15) is 11.1 Å². The molecule has 1 heterocycles. The molecule has 0 spiro atoms. The highest BCUT2D eigenvalue weighted by Crippen LogP contribution is 2.37. The Morgan fingerprint density at radius 2 is 1.83 bits per heavy atom. The van der Waals surface area contributed by atoms with Crippen LogP contribution in [0.3, 0.4) is 0 Å². The second-order valence-corrected chi connectivity index (χ2v) is 6.96. The SMILES string of the molecule is Cc1ccc(N2C(=O)SC(=Cc3ccc(Br)cc3O)C2=O)cc1. The average molecular weight is 390 g/mol. The van der Waals surface area contributed by atoms with Gasteiger partial charge in [0.25, 0.3) is 11.1 Å². The van der Waals surface area contributed by atoms with E-state index in [1.54, 1.807) is 24.3 Å². The molecule has 116 valence electrons. The number of amides is 2. The summed E-state index contributed by atoms with van der Waals surface area (Å²) in [4.78, 5) is 26.1. The number of hydrogen-bond acceptors (Lipinski definition) is 4. The smallest absolute Gasteiger partial charge is 0.298 e. The minimum absolute atomic E-state index is 0.0431. The number of phenolic OH excluding ortho intramolecular Hbond substituents is 1. The summed E-state index contributed by atoms with van der Waals surface area (Å²) in [7, 11) is 0. The van der Waals surface area contributed by atoms with Crippen LogP contribution in [0.2, 0.25) is 0 Å². The van der Waals surface area contributed by atoms with Crippen LogP contribution >= 0.6 is 27.7 Å². The molecule has 4 nitrogen and oxygen atoms in total. The molecule has 0 radical (unpaired) electrons. The predicted octanol–water partition coefficient (Wildman–Crippen LogP) is 4.70. The van der Waals surface area contributed by atoms with Crippen LogP contribution in [0, 0.1) is 6.92 Å². The van der Waals surface area contributed by atoms with Crippen molar-refractivity contribution >= 4 is 50.6 Å². The quantitative estimate of drug-likeness (QED) is 0.755. The first kappa shape index (κ1) is 15.8. The monoisotopic (exact) mass is 389 g/mol. The van der Waals surface area contributed by atoms with Crippen molar-refractivity contribution < 1.29 is 14.7 Å². The number of carbonyl (C=O) groups is 2. The van der Waals surface area contributed by atoms with Crippen LogP contribution in [0.4, 0.5) is 10.5 Å².